The van der Waals surface area contributed by atoms with Gasteiger partial charge in [0.05, 0.1) is 20.5 Å². The lowest BCUT2D eigenvalue weighted by Gasteiger charge is -2.11. The van der Waals surface area contributed by atoms with E-state index in [1.54, 1.807) is 16.7 Å². The Balaban J connectivity index is 2.06. The second-order valence-corrected chi connectivity index (χ2v) is 4.04. The molecule has 0 bridgehead atoms. The van der Waals surface area contributed by atoms with Crippen molar-refractivity contribution in [3.05, 3.63) is 54.6 Å². The second kappa shape index (κ2) is 4.82. The van der Waals surface area contributed by atoms with E-state index in [2.05, 4.69) is 0 Å². The summed E-state index contributed by atoms with van der Waals surface area (Å²) >= 11 is 0. The van der Waals surface area contributed by atoms with Gasteiger partial charge in [0, 0.05) is 0 Å². The molecule has 0 fully saturated rings. The SMILES string of the molecule is CN(C(=O)Cc1ccccc1)n1cc[n+](C)c1. The van der Waals surface area contributed by atoms with Gasteiger partial charge in [-0.3, -0.25) is 4.79 Å². The van der Waals surface area contributed by atoms with E-state index in [-0.39, 0.29) is 5.91 Å². The molecular weight excluding hydrogens is 214 g/mol. The number of likely N-dealkylation sites (N-methyl/N-ethyl adjacent to an activating group) is 1. The van der Waals surface area contributed by atoms with Crippen molar-refractivity contribution in [3.8, 4) is 0 Å². The number of hydrogen-bond acceptors (Lipinski definition) is 1. The van der Waals surface area contributed by atoms with E-state index in [0.717, 1.165) is 5.56 Å². The van der Waals surface area contributed by atoms with Gasteiger partial charge < -0.3 is 0 Å². The maximum atomic E-state index is 12.0. The Morgan fingerprint density at radius 3 is 2.65 bits per heavy atom. The van der Waals surface area contributed by atoms with E-state index >= 15 is 0 Å². The van der Waals surface area contributed by atoms with Crippen molar-refractivity contribution < 1.29 is 9.36 Å². The van der Waals surface area contributed by atoms with Crippen LogP contribution in [-0.2, 0) is 18.3 Å². The van der Waals surface area contributed by atoms with Gasteiger partial charge in [-0.2, -0.15) is 5.01 Å². The van der Waals surface area contributed by atoms with Crippen LogP contribution in [-0.4, -0.2) is 17.6 Å². The third kappa shape index (κ3) is 2.72. The molecule has 1 aromatic carbocycles. The molecule has 4 nitrogen and oxygen atoms in total. The van der Waals surface area contributed by atoms with Crippen LogP contribution in [0.4, 0.5) is 0 Å². The molecular formula is C13H16N3O+. The van der Waals surface area contributed by atoms with Crippen molar-refractivity contribution in [2.45, 2.75) is 6.42 Å². The van der Waals surface area contributed by atoms with Crippen LogP contribution in [0.5, 0.6) is 0 Å². The van der Waals surface area contributed by atoms with Crippen molar-refractivity contribution in [2.75, 3.05) is 12.1 Å². The minimum absolute atomic E-state index is 0.0624. The van der Waals surface area contributed by atoms with Crippen molar-refractivity contribution in [1.29, 1.82) is 0 Å². The normalized spacial score (nSPS) is 10.2. The van der Waals surface area contributed by atoms with Crippen molar-refractivity contribution in [2.24, 2.45) is 7.05 Å². The summed E-state index contributed by atoms with van der Waals surface area (Å²) in [5.41, 5.74) is 1.03. The van der Waals surface area contributed by atoms with Gasteiger partial charge >= 0.3 is 0 Å². The highest BCUT2D eigenvalue weighted by Crippen LogP contribution is 2.01. The average Bonchev–Trinajstić information content (AvgIpc) is 2.76. The van der Waals surface area contributed by atoms with E-state index in [1.807, 2.05) is 60.7 Å². The number of imidazole rings is 1. The fourth-order valence-corrected chi connectivity index (χ4v) is 1.63. The fraction of sp³-hybridized carbons (Fsp3) is 0.231. The molecule has 2 rings (SSSR count). The summed E-state index contributed by atoms with van der Waals surface area (Å²) in [5, 5.41) is 1.60. The van der Waals surface area contributed by atoms with Gasteiger partial charge in [0.15, 0.2) is 6.20 Å². The van der Waals surface area contributed by atoms with Gasteiger partial charge in [-0.25, -0.2) is 4.57 Å². The Bertz CT molecular complexity index is 504. The van der Waals surface area contributed by atoms with E-state index in [0.29, 0.717) is 6.42 Å². The molecule has 0 saturated carbocycles. The molecule has 4 heteroatoms. The lowest BCUT2D eigenvalue weighted by Crippen LogP contribution is -2.38. The molecule has 1 aromatic heterocycles. The number of rotatable bonds is 3. The highest BCUT2D eigenvalue weighted by molar-refractivity contribution is 5.87. The first kappa shape index (κ1) is 11.4. The van der Waals surface area contributed by atoms with Gasteiger partial charge in [-0.05, 0) is 5.56 Å². The van der Waals surface area contributed by atoms with E-state index in [4.69, 9.17) is 0 Å². The van der Waals surface area contributed by atoms with Crippen LogP contribution in [0, 0.1) is 0 Å². The van der Waals surface area contributed by atoms with Crippen LogP contribution in [0.15, 0.2) is 49.1 Å². The Morgan fingerprint density at radius 1 is 1.35 bits per heavy atom. The maximum absolute atomic E-state index is 12.0. The van der Waals surface area contributed by atoms with E-state index in [1.165, 1.54) is 0 Å². The Hall–Kier alpha value is -2.10. The summed E-state index contributed by atoms with van der Waals surface area (Å²) < 4.78 is 3.66. The van der Waals surface area contributed by atoms with Crippen LogP contribution in [0.2, 0.25) is 0 Å². The molecule has 17 heavy (non-hydrogen) atoms. The zero-order chi connectivity index (χ0) is 12.3. The Labute approximate surface area is 101 Å². The summed E-state index contributed by atoms with van der Waals surface area (Å²) in [6.45, 7) is 0. The molecule has 0 N–H and O–H groups in total. The topological polar surface area (TPSA) is 29.1 Å². The third-order valence-corrected chi connectivity index (χ3v) is 2.66. The molecule has 0 aliphatic rings. The van der Waals surface area contributed by atoms with E-state index < -0.39 is 0 Å². The standard InChI is InChI=1S/C13H16N3O/c1-14-8-9-16(11-14)15(2)13(17)10-12-6-4-3-5-7-12/h3-9,11H,10H2,1-2H3/q+1. The summed E-state index contributed by atoms with van der Waals surface area (Å²) in [4.78, 5) is 12.0. The number of nitrogens with zero attached hydrogens (tertiary/aromatic N) is 3. The minimum Gasteiger partial charge on any atom is -0.271 e. The van der Waals surface area contributed by atoms with Gasteiger partial charge in [-0.15, -0.1) is 4.68 Å². The van der Waals surface area contributed by atoms with Gasteiger partial charge in [0.25, 0.3) is 12.2 Å². The lowest BCUT2D eigenvalue weighted by atomic mass is 10.1. The molecule has 0 aliphatic carbocycles. The molecule has 0 spiro atoms. The summed E-state index contributed by atoms with van der Waals surface area (Å²) in [6.07, 6.45) is 6.01. The van der Waals surface area contributed by atoms with Crippen molar-refractivity contribution >= 4 is 5.91 Å². The first-order valence-corrected chi connectivity index (χ1v) is 5.51. The molecule has 2 aromatic rings. The van der Waals surface area contributed by atoms with Crippen molar-refractivity contribution in [3.63, 3.8) is 0 Å². The molecule has 1 heterocycles. The van der Waals surface area contributed by atoms with Gasteiger partial charge in [-0.1, -0.05) is 30.3 Å². The van der Waals surface area contributed by atoms with Crippen molar-refractivity contribution in [1.82, 2.24) is 4.68 Å². The smallest absolute Gasteiger partial charge is 0.267 e. The largest absolute Gasteiger partial charge is 0.271 e. The molecule has 0 atom stereocenters. The van der Waals surface area contributed by atoms with Crippen LogP contribution in [0.25, 0.3) is 0 Å². The zero-order valence-electron chi connectivity index (χ0n) is 10.1. The third-order valence-electron chi connectivity index (χ3n) is 2.66. The Morgan fingerprint density at radius 2 is 2.06 bits per heavy atom. The first-order valence-electron chi connectivity index (χ1n) is 5.51. The monoisotopic (exact) mass is 230 g/mol. The van der Waals surface area contributed by atoms with Gasteiger partial charge in [0.2, 0.25) is 0 Å². The molecule has 0 unspecified atom stereocenters. The summed E-state index contributed by atoms with van der Waals surface area (Å²) in [6, 6.07) is 9.75. The number of aryl methyl sites for hydroxylation is 1. The number of benzene rings is 1. The number of aromatic nitrogens is 2. The number of hydrogen-bond donors (Lipinski definition) is 0. The predicted octanol–water partition coefficient (Wildman–Crippen LogP) is 0.650. The molecule has 0 aliphatic heterocycles. The number of carbonyl (C=O) groups is 1. The van der Waals surface area contributed by atoms with Crippen LogP contribution in [0.1, 0.15) is 5.56 Å². The molecule has 1 amide bonds. The van der Waals surface area contributed by atoms with Crippen LogP contribution >= 0.6 is 0 Å². The lowest BCUT2D eigenvalue weighted by molar-refractivity contribution is -0.671. The molecule has 88 valence electrons. The van der Waals surface area contributed by atoms with E-state index in [9.17, 15) is 4.79 Å². The van der Waals surface area contributed by atoms with Crippen LogP contribution in [0.3, 0.4) is 0 Å². The highest BCUT2D eigenvalue weighted by Gasteiger charge is 2.15. The molecule has 0 radical (unpaired) electrons. The minimum atomic E-state index is 0.0624. The first-order chi connectivity index (χ1) is 8.16. The fourth-order valence-electron chi connectivity index (χ4n) is 1.63. The highest BCUT2D eigenvalue weighted by atomic mass is 16.2. The Kier molecular flexibility index (Phi) is 3.23. The average molecular weight is 230 g/mol. The summed E-state index contributed by atoms with van der Waals surface area (Å²) in [5.74, 6) is 0.0624. The quantitative estimate of drug-likeness (QED) is 0.712. The van der Waals surface area contributed by atoms with Crippen LogP contribution < -0.4 is 9.58 Å². The second-order valence-electron chi connectivity index (χ2n) is 4.04. The summed E-state index contributed by atoms with van der Waals surface area (Å²) in [7, 11) is 3.69. The number of amides is 1. The van der Waals surface area contributed by atoms with Gasteiger partial charge in [0.1, 0.15) is 6.20 Å². The maximum Gasteiger partial charge on any atom is 0.267 e. The molecule has 0 saturated heterocycles. The number of carbonyl (C=O) groups excluding carboxylic acids is 1. The predicted molar refractivity (Wildman–Crippen MR) is 64.9 cm³/mol. The zero-order valence-corrected chi connectivity index (χ0v) is 10.1.